The van der Waals surface area contributed by atoms with Gasteiger partial charge in [0.05, 0.1) is 24.4 Å². The first kappa shape index (κ1) is 19.9. The van der Waals surface area contributed by atoms with E-state index in [1.165, 1.54) is 18.1 Å². The molecule has 1 aliphatic heterocycles. The lowest BCUT2D eigenvalue weighted by molar-refractivity contribution is -0.122. The number of benzene rings is 2. The second kappa shape index (κ2) is 8.41. The summed E-state index contributed by atoms with van der Waals surface area (Å²) in [7, 11) is 1.54. The number of amides is 2. The molecule has 1 heterocycles. The molecule has 0 aliphatic carbocycles. The molecule has 6 nitrogen and oxygen atoms in total. The number of anilines is 1. The number of halogens is 1. The highest BCUT2D eigenvalue weighted by Crippen LogP contribution is 2.31. The van der Waals surface area contributed by atoms with Gasteiger partial charge in [-0.15, -0.1) is 0 Å². The van der Waals surface area contributed by atoms with Crippen LogP contribution in [-0.2, 0) is 9.59 Å². The number of nitrogens with one attached hydrogen (secondary N) is 1. The molecule has 0 radical (unpaired) electrons. The van der Waals surface area contributed by atoms with Crippen molar-refractivity contribution in [2.45, 2.75) is 6.92 Å². The summed E-state index contributed by atoms with van der Waals surface area (Å²) in [5.41, 5.74) is 0.936. The summed E-state index contributed by atoms with van der Waals surface area (Å²) in [5, 5.41) is 2.85. The van der Waals surface area contributed by atoms with E-state index in [9.17, 15) is 9.59 Å². The van der Waals surface area contributed by atoms with E-state index < -0.39 is 11.8 Å². The summed E-state index contributed by atoms with van der Waals surface area (Å²) >= 11 is 11.4. The second-order valence-electron chi connectivity index (χ2n) is 5.75. The summed E-state index contributed by atoms with van der Waals surface area (Å²) < 4.78 is 10.8. The van der Waals surface area contributed by atoms with Gasteiger partial charge < -0.3 is 9.47 Å². The van der Waals surface area contributed by atoms with Crippen LogP contribution >= 0.6 is 23.8 Å². The van der Waals surface area contributed by atoms with Crippen molar-refractivity contribution in [2.24, 2.45) is 0 Å². The molecule has 0 unspecified atom stereocenters. The number of carbonyl (C=O) groups excluding carboxylic acids is 2. The molecule has 1 saturated heterocycles. The number of rotatable bonds is 5. The molecule has 2 aromatic rings. The molecule has 1 N–H and O–H groups in total. The first-order chi connectivity index (χ1) is 13.5. The van der Waals surface area contributed by atoms with E-state index in [1.54, 1.807) is 42.5 Å². The summed E-state index contributed by atoms with van der Waals surface area (Å²) in [6.45, 7) is 2.30. The molecule has 1 fully saturated rings. The lowest BCUT2D eigenvalue weighted by atomic mass is 10.1. The first-order valence-corrected chi connectivity index (χ1v) is 9.21. The van der Waals surface area contributed by atoms with E-state index in [0.29, 0.717) is 34.4 Å². The smallest absolute Gasteiger partial charge is 0.270 e. The van der Waals surface area contributed by atoms with Gasteiger partial charge in [0.15, 0.2) is 16.6 Å². The molecule has 1 aliphatic rings. The maximum atomic E-state index is 13.0. The molecule has 28 heavy (non-hydrogen) atoms. The van der Waals surface area contributed by atoms with Gasteiger partial charge in [0.25, 0.3) is 11.8 Å². The maximum Gasteiger partial charge on any atom is 0.270 e. The van der Waals surface area contributed by atoms with Crippen LogP contribution in [-0.4, -0.2) is 30.6 Å². The fourth-order valence-electron chi connectivity index (χ4n) is 2.73. The predicted molar refractivity (Wildman–Crippen MR) is 112 cm³/mol. The van der Waals surface area contributed by atoms with Gasteiger partial charge in [0, 0.05) is 0 Å². The monoisotopic (exact) mass is 416 g/mol. The van der Waals surface area contributed by atoms with Gasteiger partial charge in [0.2, 0.25) is 0 Å². The fourth-order valence-corrected chi connectivity index (χ4v) is 3.22. The van der Waals surface area contributed by atoms with E-state index >= 15 is 0 Å². The number of para-hydroxylation sites is 1. The number of thiocarbonyl (C=S) groups is 1. The van der Waals surface area contributed by atoms with E-state index in [1.807, 2.05) is 6.92 Å². The number of nitrogens with zero attached hydrogens (tertiary/aromatic N) is 1. The van der Waals surface area contributed by atoms with Crippen LogP contribution in [0.1, 0.15) is 12.5 Å². The van der Waals surface area contributed by atoms with Crippen molar-refractivity contribution >= 4 is 52.5 Å². The molecule has 3 rings (SSSR count). The van der Waals surface area contributed by atoms with Crippen molar-refractivity contribution in [2.75, 3.05) is 18.6 Å². The van der Waals surface area contributed by atoms with Crippen LogP contribution in [0.25, 0.3) is 6.08 Å². The Hall–Kier alpha value is -2.90. The summed E-state index contributed by atoms with van der Waals surface area (Å²) in [4.78, 5) is 26.6. The van der Waals surface area contributed by atoms with Crippen LogP contribution in [0.15, 0.2) is 48.0 Å². The Kier molecular flexibility index (Phi) is 5.96. The molecular weight excluding hydrogens is 400 g/mol. The standard InChI is InChI=1S/C20H17ClN2O4S/c1-3-27-17-11-12(8-9-16(17)26-2)10-13-18(24)22-20(28)23(19(13)25)15-7-5-4-6-14(15)21/h4-11H,3H2,1-2H3,(H,22,24,28)/b13-10+. The Morgan fingerprint density at radius 1 is 1.18 bits per heavy atom. The molecule has 0 bridgehead atoms. The molecule has 0 saturated carbocycles. The van der Waals surface area contributed by atoms with Crippen molar-refractivity contribution in [3.05, 3.63) is 58.6 Å². The lowest BCUT2D eigenvalue weighted by Gasteiger charge is -2.29. The Balaban J connectivity index is 2.02. The average Bonchev–Trinajstić information content (AvgIpc) is 2.67. The van der Waals surface area contributed by atoms with Crippen molar-refractivity contribution in [1.29, 1.82) is 0 Å². The van der Waals surface area contributed by atoms with Gasteiger partial charge in [0.1, 0.15) is 5.57 Å². The van der Waals surface area contributed by atoms with Crippen LogP contribution in [0.4, 0.5) is 5.69 Å². The minimum atomic E-state index is -0.577. The fraction of sp³-hybridized carbons (Fsp3) is 0.150. The van der Waals surface area contributed by atoms with E-state index in [4.69, 9.17) is 33.3 Å². The van der Waals surface area contributed by atoms with Gasteiger partial charge in [-0.25, -0.2) is 0 Å². The molecule has 8 heteroatoms. The van der Waals surface area contributed by atoms with Crippen molar-refractivity contribution in [3.8, 4) is 11.5 Å². The van der Waals surface area contributed by atoms with Crippen LogP contribution in [0, 0.1) is 0 Å². The number of methoxy groups -OCH3 is 1. The lowest BCUT2D eigenvalue weighted by Crippen LogP contribution is -2.54. The summed E-state index contributed by atoms with van der Waals surface area (Å²) in [6, 6.07) is 11.9. The Morgan fingerprint density at radius 2 is 1.93 bits per heavy atom. The third-order valence-corrected chi connectivity index (χ3v) is 4.60. The minimum absolute atomic E-state index is 0.0232. The van der Waals surface area contributed by atoms with Crippen molar-refractivity contribution in [1.82, 2.24) is 5.32 Å². The number of hydrogen-bond donors (Lipinski definition) is 1. The van der Waals surface area contributed by atoms with E-state index in [2.05, 4.69) is 5.32 Å². The van der Waals surface area contributed by atoms with E-state index in [-0.39, 0.29) is 10.7 Å². The second-order valence-corrected chi connectivity index (χ2v) is 6.55. The molecule has 0 spiro atoms. The van der Waals surface area contributed by atoms with Crippen LogP contribution < -0.4 is 19.7 Å². The molecule has 2 aromatic carbocycles. The molecule has 0 atom stereocenters. The van der Waals surface area contributed by atoms with Crippen LogP contribution in [0.2, 0.25) is 5.02 Å². The molecule has 2 amide bonds. The largest absolute Gasteiger partial charge is 0.493 e. The van der Waals surface area contributed by atoms with Gasteiger partial charge in [-0.05, 0) is 55.0 Å². The highest BCUT2D eigenvalue weighted by molar-refractivity contribution is 7.80. The van der Waals surface area contributed by atoms with Crippen LogP contribution in [0.5, 0.6) is 11.5 Å². The highest BCUT2D eigenvalue weighted by atomic mass is 35.5. The third kappa shape index (κ3) is 3.85. The number of hydrogen-bond acceptors (Lipinski definition) is 5. The van der Waals surface area contributed by atoms with Gasteiger partial charge in [-0.2, -0.15) is 0 Å². The Bertz CT molecular complexity index is 990. The highest BCUT2D eigenvalue weighted by Gasteiger charge is 2.35. The maximum absolute atomic E-state index is 13.0. The quantitative estimate of drug-likeness (QED) is 0.458. The average molecular weight is 417 g/mol. The predicted octanol–water partition coefficient (Wildman–Crippen LogP) is 3.58. The van der Waals surface area contributed by atoms with Crippen LogP contribution in [0.3, 0.4) is 0 Å². The third-order valence-electron chi connectivity index (χ3n) is 3.99. The zero-order valence-electron chi connectivity index (χ0n) is 15.2. The Labute approximate surface area is 172 Å². The SMILES string of the molecule is CCOc1cc(/C=C2\C(=O)NC(=S)N(c3ccccc3Cl)C2=O)ccc1OC. The normalized spacial score (nSPS) is 15.6. The minimum Gasteiger partial charge on any atom is -0.493 e. The number of ether oxygens (including phenoxy) is 2. The Morgan fingerprint density at radius 3 is 2.61 bits per heavy atom. The van der Waals surface area contributed by atoms with Crippen molar-refractivity contribution < 1.29 is 19.1 Å². The zero-order valence-corrected chi connectivity index (χ0v) is 16.8. The molecule has 144 valence electrons. The van der Waals surface area contributed by atoms with E-state index in [0.717, 1.165) is 0 Å². The van der Waals surface area contributed by atoms with Gasteiger partial charge in [-0.1, -0.05) is 29.8 Å². The first-order valence-electron chi connectivity index (χ1n) is 8.43. The number of carbonyl (C=O) groups is 2. The van der Waals surface area contributed by atoms with Gasteiger partial charge in [-0.3, -0.25) is 19.8 Å². The van der Waals surface area contributed by atoms with Gasteiger partial charge >= 0.3 is 0 Å². The topological polar surface area (TPSA) is 67.9 Å². The molecular formula is C20H17ClN2O4S. The summed E-state index contributed by atoms with van der Waals surface area (Å²) in [5.74, 6) is -0.0634. The molecule has 0 aromatic heterocycles. The zero-order chi connectivity index (χ0) is 20.3. The summed E-state index contributed by atoms with van der Waals surface area (Å²) in [6.07, 6.45) is 1.48. The van der Waals surface area contributed by atoms with Crippen molar-refractivity contribution in [3.63, 3.8) is 0 Å².